The molecule has 0 spiro atoms. The fraction of sp³-hybridized carbons (Fsp3) is 0.895. The molecule has 0 saturated heterocycles. The Kier molecular flexibility index (Phi) is 11.8. The summed E-state index contributed by atoms with van der Waals surface area (Å²) in [5, 5.41) is 0. The summed E-state index contributed by atoms with van der Waals surface area (Å²) in [4.78, 5) is 25.1. The summed E-state index contributed by atoms with van der Waals surface area (Å²) in [7, 11) is 0. The maximum atomic E-state index is 12.6. The monoisotopic (exact) mass is 328 g/mol. The van der Waals surface area contributed by atoms with Gasteiger partial charge >= 0.3 is 11.9 Å². The van der Waals surface area contributed by atoms with Crippen LogP contribution in [0, 0.1) is 11.3 Å². The number of rotatable bonds is 13. The third-order valence-electron chi connectivity index (χ3n) is 4.54. The Morgan fingerprint density at radius 2 is 1.26 bits per heavy atom. The van der Waals surface area contributed by atoms with Crippen LogP contribution in [-0.2, 0) is 19.1 Å². The molecule has 0 fully saturated rings. The lowest BCUT2D eigenvalue weighted by molar-refractivity contribution is -0.175. The van der Waals surface area contributed by atoms with Crippen LogP contribution in [0.5, 0.6) is 0 Å². The van der Waals surface area contributed by atoms with E-state index >= 15 is 0 Å². The van der Waals surface area contributed by atoms with Crippen LogP contribution < -0.4 is 0 Å². The van der Waals surface area contributed by atoms with Crippen molar-refractivity contribution >= 4 is 11.9 Å². The Balaban J connectivity index is 4.93. The number of unbranched alkanes of at least 4 members (excludes halogenated alkanes) is 4. The fourth-order valence-electron chi connectivity index (χ4n) is 2.39. The van der Waals surface area contributed by atoms with E-state index in [0.29, 0.717) is 13.2 Å². The van der Waals surface area contributed by atoms with E-state index in [1.165, 1.54) is 0 Å². The molecule has 0 aliphatic rings. The highest BCUT2D eigenvalue weighted by molar-refractivity contribution is 6.00. The van der Waals surface area contributed by atoms with Crippen molar-refractivity contribution in [3.05, 3.63) is 0 Å². The average Bonchev–Trinajstić information content (AvgIpc) is 2.54. The largest absolute Gasteiger partial charge is 0.465 e. The molecule has 0 saturated carbocycles. The van der Waals surface area contributed by atoms with Crippen molar-refractivity contribution in [3.63, 3.8) is 0 Å². The van der Waals surface area contributed by atoms with Gasteiger partial charge in [0.1, 0.15) is 0 Å². The lowest BCUT2D eigenvalue weighted by Crippen LogP contribution is -2.44. The first-order valence-corrected chi connectivity index (χ1v) is 9.29. The minimum absolute atomic E-state index is 0.0858. The Hall–Kier alpha value is -1.06. The van der Waals surface area contributed by atoms with Crippen molar-refractivity contribution in [1.29, 1.82) is 0 Å². The van der Waals surface area contributed by atoms with E-state index in [-0.39, 0.29) is 5.92 Å². The first kappa shape index (κ1) is 21.9. The predicted octanol–water partition coefficient (Wildman–Crippen LogP) is 4.90. The van der Waals surface area contributed by atoms with Crippen molar-refractivity contribution in [1.82, 2.24) is 0 Å². The van der Waals surface area contributed by atoms with Crippen molar-refractivity contribution in [2.24, 2.45) is 11.3 Å². The van der Waals surface area contributed by atoms with Crippen LogP contribution >= 0.6 is 0 Å². The smallest absolute Gasteiger partial charge is 0.323 e. The van der Waals surface area contributed by atoms with Gasteiger partial charge in [-0.1, -0.05) is 59.8 Å². The standard InChI is InChI=1S/C19H36O4/c1-6-9-12-13-16(4)19(5,17(20)22-14-10-7-2)18(21)23-15-11-8-3/h16H,6-15H2,1-5H3/t16-/m1/s1. The second-order valence-electron chi connectivity index (χ2n) is 6.58. The van der Waals surface area contributed by atoms with E-state index in [2.05, 4.69) is 6.92 Å². The summed E-state index contributed by atoms with van der Waals surface area (Å²) < 4.78 is 10.7. The van der Waals surface area contributed by atoms with Crippen molar-refractivity contribution in [2.75, 3.05) is 13.2 Å². The maximum Gasteiger partial charge on any atom is 0.323 e. The molecule has 136 valence electrons. The molecule has 0 N–H and O–H groups in total. The van der Waals surface area contributed by atoms with E-state index in [9.17, 15) is 9.59 Å². The third-order valence-corrected chi connectivity index (χ3v) is 4.54. The quantitative estimate of drug-likeness (QED) is 0.274. The third kappa shape index (κ3) is 7.36. The topological polar surface area (TPSA) is 52.6 Å². The summed E-state index contributed by atoms with van der Waals surface area (Å²) >= 11 is 0. The molecule has 0 radical (unpaired) electrons. The van der Waals surface area contributed by atoms with Gasteiger partial charge in [0.25, 0.3) is 0 Å². The van der Waals surface area contributed by atoms with Gasteiger partial charge < -0.3 is 9.47 Å². The molecule has 0 aromatic heterocycles. The van der Waals surface area contributed by atoms with Gasteiger partial charge in [0.15, 0.2) is 5.41 Å². The van der Waals surface area contributed by atoms with Crippen molar-refractivity contribution in [3.8, 4) is 0 Å². The van der Waals surface area contributed by atoms with Crippen LogP contribution in [0.3, 0.4) is 0 Å². The number of hydrogen-bond acceptors (Lipinski definition) is 4. The molecule has 0 unspecified atom stereocenters. The lowest BCUT2D eigenvalue weighted by Gasteiger charge is -2.31. The highest BCUT2D eigenvalue weighted by Gasteiger charge is 2.48. The molecule has 0 rings (SSSR count). The number of carbonyl (C=O) groups excluding carboxylic acids is 2. The average molecular weight is 328 g/mol. The van der Waals surface area contributed by atoms with Gasteiger partial charge in [-0.05, 0) is 32.1 Å². The van der Waals surface area contributed by atoms with Gasteiger partial charge in [0, 0.05) is 0 Å². The number of ether oxygens (including phenoxy) is 2. The second kappa shape index (κ2) is 12.4. The number of esters is 2. The zero-order chi connectivity index (χ0) is 17.7. The minimum atomic E-state index is -1.20. The molecular formula is C19H36O4. The van der Waals surface area contributed by atoms with Gasteiger partial charge in [-0.2, -0.15) is 0 Å². The Bertz CT molecular complexity index is 316. The summed E-state index contributed by atoms with van der Waals surface area (Å²) in [6, 6.07) is 0. The van der Waals surface area contributed by atoms with Crippen LogP contribution in [0.2, 0.25) is 0 Å². The molecule has 0 bridgehead atoms. The van der Waals surface area contributed by atoms with Crippen LogP contribution in [-0.4, -0.2) is 25.2 Å². The van der Waals surface area contributed by atoms with Crippen LogP contribution in [0.15, 0.2) is 0 Å². The summed E-state index contributed by atoms with van der Waals surface area (Å²) in [5.41, 5.74) is -1.20. The molecule has 0 amide bonds. The molecule has 1 atom stereocenters. The Morgan fingerprint density at radius 3 is 1.65 bits per heavy atom. The van der Waals surface area contributed by atoms with Gasteiger partial charge in [0.2, 0.25) is 0 Å². The molecule has 4 nitrogen and oxygen atoms in total. The summed E-state index contributed by atoms with van der Waals surface area (Å²) in [5.74, 6) is -0.954. The van der Waals surface area contributed by atoms with E-state index in [0.717, 1.165) is 51.4 Å². The SMILES string of the molecule is CCCCC[C@@H](C)C(C)(C(=O)OCCCC)C(=O)OCCCC. The first-order chi connectivity index (χ1) is 10.9. The van der Waals surface area contributed by atoms with E-state index in [1.807, 2.05) is 20.8 Å². The van der Waals surface area contributed by atoms with E-state index < -0.39 is 17.4 Å². The molecule has 0 heterocycles. The number of carbonyl (C=O) groups is 2. The zero-order valence-electron chi connectivity index (χ0n) is 15.8. The predicted molar refractivity (Wildman–Crippen MR) is 93.1 cm³/mol. The fourth-order valence-corrected chi connectivity index (χ4v) is 2.39. The molecule has 23 heavy (non-hydrogen) atoms. The normalized spacial score (nSPS) is 12.7. The van der Waals surface area contributed by atoms with E-state index in [1.54, 1.807) is 6.92 Å². The lowest BCUT2D eigenvalue weighted by atomic mass is 9.75. The molecule has 4 heteroatoms. The Labute approximate surface area is 142 Å². The van der Waals surface area contributed by atoms with Crippen molar-refractivity contribution in [2.45, 2.75) is 86.0 Å². The first-order valence-electron chi connectivity index (χ1n) is 9.29. The van der Waals surface area contributed by atoms with Gasteiger partial charge in [0.05, 0.1) is 13.2 Å². The molecule has 0 aliphatic heterocycles. The van der Waals surface area contributed by atoms with E-state index in [4.69, 9.17) is 9.47 Å². The van der Waals surface area contributed by atoms with Gasteiger partial charge in [-0.15, -0.1) is 0 Å². The highest BCUT2D eigenvalue weighted by atomic mass is 16.6. The van der Waals surface area contributed by atoms with Crippen LogP contribution in [0.4, 0.5) is 0 Å². The van der Waals surface area contributed by atoms with Gasteiger partial charge in [-0.3, -0.25) is 9.59 Å². The molecule has 0 aromatic carbocycles. The van der Waals surface area contributed by atoms with Crippen LogP contribution in [0.25, 0.3) is 0 Å². The van der Waals surface area contributed by atoms with Crippen LogP contribution in [0.1, 0.15) is 86.0 Å². The molecule has 0 aromatic rings. The number of hydrogen-bond donors (Lipinski definition) is 0. The summed E-state index contributed by atoms with van der Waals surface area (Å²) in [6.45, 7) is 10.6. The highest BCUT2D eigenvalue weighted by Crippen LogP contribution is 2.34. The molecule has 0 aliphatic carbocycles. The van der Waals surface area contributed by atoms with Gasteiger partial charge in [-0.25, -0.2) is 0 Å². The summed E-state index contributed by atoms with van der Waals surface area (Å²) in [6.07, 6.45) is 7.61. The maximum absolute atomic E-state index is 12.6. The minimum Gasteiger partial charge on any atom is -0.465 e. The van der Waals surface area contributed by atoms with Crippen molar-refractivity contribution < 1.29 is 19.1 Å². The molecular weight excluding hydrogens is 292 g/mol. The zero-order valence-corrected chi connectivity index (χ0v) is 15.8. The second-order valence-corrected chi connectivity index (χ2v) is 6.58. The Morgan fingerprint density at radius 1 is 0.826 bits per heavy atom.